The Bertz CT molecular complexity index is 778. The van der Waals surface area contributed by atoms with Crippen LogP contribution in [0.1, 0.15) is 28.3 Å². The molecule has 1 atom stereocenters. The highest BCUT2D eigenvalue weighted by Gasteiger charge is 2.32. The highest BCUT2D eigenvalue weighted by molar-refractivity contribution is 6.04. The molecule has 108 valence electrons. The summed E-state index contributed by atoms with van der Waals surface area (Å²) in [4.78, 5) is 23.2. The van der Waals surface area contributed by atoms with E-state index in [0.29, 0.717) is 17.5 Å². The number of urea groups is 1. The van der Waals surface area contributed by atoms with Gasteiger partial charge in [0.1, 0.15) is 6.04 Å². The molecule has 2 aromatic carbocycles. The third-order valence-electron chi connectivity index (χ3n) is 3.59. The van der Waals surface area contributed by atoms with Gasteiger partial charge < -0.3 is 5.32 Å². The van der Waals surface area contributed by atoms with Crippen LogP contribution >= 0.6 is 0 Å². The summed E-state index contributed by atoms with van der Waals surface area (Å²) in [6, 6.07) is 15.8. The summed E-state index contributed by atoms with van der Waals surface area (Å²) in [6.07, 6.45) is 0.589. The molecule has 0 radical (unpaired) electrons. The molecular formula is C17H13N3O2. The number of imide groups is 1. The van der Waals surface area contributed by atoms with Gasteiger partial charge in [-0.2, -0.15) is 5.26 Å². The van der Waals surface area contributed by atoms with Crippen molar-refractivity contribution < 1.29 is 9.59 Å². The summed E-state index contributed by atoms with van der Waals surface area (Å²) in [5.74, 6) is -0.371. The molecule has 0 bridgehead atoms. The van der Waals surface area contributed by atoms with Crippen LogP contribution in [0.15, 0.2) is 48.5 Å². The van der Waals surface area contributed by atoms with Crippen molar-refractivity contribution in [2.24, 2.45) is 0 Å². The van der Waals surface area contributed by atoms with Gasteiger partial charge in [0.2, 0.25) is 0 Å². The Morgan fingerprint density at radius 2 is 1.86 bits per heavy atom. The third kappa shape index (κ3) is 2.67. The zero-order valence-corrected chi connectivity index (χ0v) is 11.7. The Balaban J connectivity index is 2.01. The van der Waals surface area contributed by atoms with Gasteiger partial charge in [-0.05, 0) is 35.2 Å². The minimum absolute atomic E-state index is 0.371. The van der Waals surface area contributed by atoms with Crippen LogP contribution in [0, 0.1) is 11.3 Å². The zero-order valence-electron chi connectivity index (χ0n) is 11.7. The van der Waals surface area contributed by atoms with Crippen LogP contribution < -0.4 is 10.6 Å². The first-order valence-electron chi connectivity index (χ1n) is 6.85. The molecule has 1 aliphatic heterocycles. The lowest BCUT2D eigenvalue weighted by Crippen LogP contribution is -2.22. The highest BCUT2D eigenvalue weighted by atomic mass is 16.2. The van der Waals surface area contributed by atoms with Crippen LogP contribution in [0.3, 0.4) is 0 Å². The van der Waals surface area contributed by atoms with Gasteiger partial charge in [-0.25, -0.2) is 4.79 Å². The molecular weight excluding hydrogens is 278 g/mol. The zero-order chi connectivity index (χ0) is 15.5. The van der Waals surface area contributed by atoms with Crippen LogP contribution in [-0.4, -0.2) is 11.9 Å². The van der Waals surface area contributed by atoms with Crippen molar-refractivity contribution in [3.8, 4) is 6.07 Å². The number of nitrogens with one attached hydrogen (secondary N) is 2. The lowest BCUT2D eigenvalue weighted by molar-refractivity contribution is -0.120. The number of carbonyl (C=O) groups is 2. The Hall–Kier alpha value is -3.13. The van der Waals surface area contributed by atoms with Gasteiger partial charge in [-0.1, -0.05) is 36.4 Å². The summed E-state index contributed by atoms with van der Waals surface area (Å²) < 4.78 is 0. The first-order valence-corrected chi connectivity index (χ1v) is 6.85. The Kier molecular flexibility index (Phi) is 3.58. The average Bonchev–Trinajstić information content (AvgIpc) is 2.86. The minimum Gasteiger partial charge on any atom is -0.322 e. The number of carbonyl (C=O) groups excluding carboxylic acids is 2. The van der Waals surface area contributed by atoms with Gasteiger partial charge >= 0.3 is 6.03 Å². The Morgan fingerprint density at radius 3 is 2.50 bits per heavy atom. The SMILES string of the molecule is N#Cc1ccc(C2NC(=O)NC2=O)c(Cc2ccccc2)c1. The molecule has 1 fully saturated rings. The molecule has 5 nitrogen and oxygen atoms in total. The summed E-state index contributed by atoms with van der Waals surface area (Å²) in [5, 5.41) is 13.9. The smallest absolute Gasteiger partial charge is 0.322 e. The molecule has 2 aromatic rings. The van der Waals surface area contributed by atoms with Crippen molar-refractivity contribution in [3.05, 3.63) is 70.8 Å². The van der Waals surface area contributed by atoms with Gasteiger partial charge in [-0.3, -0.25) is 10.1 Å². The number of amides is 3. The summed E-state index contributed by atoms with van der Waals surface area (Å²) in [7, 11) is 0. The first-order chi connectivity index (χ1) is 10.7. The third-order valence-corrected chi connectivity index (χ3v) is 3.59. The predicted octanol–water partition coefficient (Wildman–Crippen LogP) is 2.03. The largest absolute Gasteiger partial charge is 0.322 e. The van der Waals surface area contributed by atoms with E-state index >= 15 is 0 Å². The maximum atomic E-state index is 11.9. The van der Waals surface area contributed by atoms with E-state index < -0.39 is 12.1 Å². The fraction of sp³-hybridized carbons (Fsp3) is 0.118. The van der Waals surface area contributed by atoms with Gasteiger partial charge in [0.05, 0.1) is 11.6 Å². The molecule has 1 unspecified atom stereocenters. The van der Waals surface area contributed by atoms with E-state index in [1.165, 1.54) is 0 Å². The minimum atomic E-state index is -0.709. The van der Waals surface area contributed by atoms with Crippen LogP contribution in [0.4, 0.5) is 4.79 Å². The molecule has 0 spiro atoms. The predicted molar refractivity (Wildman–Crippen MR) is 79.8 cm³/mol. The summed E-state index contributed by atoms with van der Waals surface area (Å²) in [6.45, 7) is 0. The lowest BCUT2D eigenvalue weighted by Gasteiger charge is -2.14. The van der Waals surface area contributed by atoms with Gasteiger partial charge in [0.25, 0.3) is 5.91 Å². The van der Waals surface area contributed by atoms with E-state index in [2.05, 4.69) is 16.7 Å². The van der Waals surface area contributed by atoms with Crippen molar-refractivity contribution in [1.82, 2.24) is 10.6 Å². The molecule has 22 heavy (non-hydrogen) atoms. The van der Waals surface area contributed by atoms with E-state index in [4.69, 9.17) is 5.26 Å². The first kappa shape index (κ1) is 13.8. The number of nitriles is 1. The summed E-state index contributed by atoms with van der Waals surface area (Å²) in [5.41, 5.74) is 3.17. The van der Waals surface area contributed by atoms with E-state index in [1.807, 2.05) is 30.3 Å². The highest BCUT2D eigenvalue weighted by Crippen LogP contribution is 2.24. The number of benzene rings is 2. The molecule has 3 amide bonds. The second-order valence-corrected chi connectivity index (χ2v) is 5.08. The maximum absolute atomic E-state index is 11.9. The molecule has 5 heteroatoms. The second-order valence-electron chi connectivity index (χ2n) is 5.08. The quantitative estimate of drug-likeness (QED) is 0.849. The Morgan fingerprint density at radius 1 is 1.09 bits per heavy atom. The van der Waals surface area contributed by atoms with E-state index in [9.17, 15) is 9.59 Å². The number of rotatable bonds is 3. The number of hydrogen-bond acceptors (Lipinski definition) is 3. The van der Waals surface area contributed by atoms with Crippen LogP contribution in [-0.2, 0) is 11.2 Å². The normalized spacial score (nSPS) is 16.8. The van der Waals surface area contributed by atoms with Crippen LogP contribution in [0.25, 0.3) is 0 Å². The number of hydrogen-bond donors (Lipinski definition) is 2. The van der Waals surface area contributed by atoms with Crippen molar-refractivity contribution in [1.29, 1.82) is 5.26 Å². The topological polar surface area (TPSA) is 82.0 Å². The molecule has 0 aliphatic carbocycles. The molecule has 1 heterocycles. The van der Waals surface area contributed by atoms with Crippen LogP contribution in [0.5, 0.6) is 0 Å². The van der Waals surface area contributed by atoms with Gasteiger partial charge in [0, 0.05) is 0 Å². The fourth-order valence-corrected chi connectivity index (χ4v) is 2.56. The number of nitrogens with zero attached hydrogens (tertiary/aromatic N) is 1. The second kappa shape index (κ2) is 5.70. The van der Waals surface area contributed by atoms with E-state index in [-0.39, 0.29) is 5.91 Å². The molecule has 1 saturated heterocycles. The maximum Gasteiger partial charge on any atom is 0.322 e. The average molecular weight is 291 g/mol. The van der Waals surface area contributed by atoms with E-state index in [1.54, 1.807) is 18.2 Å². The lowest BCUT2D eigenvalue weighted by atomic mass is 9.93. The molecule has 0 saturated carbocycles. The van der Waals surface area contributed by atoms with E-state index in [0.717, 1.165) is 11.1 Å². The summed E-state index contributed by atoms with van der Waals surface area (Å²) >= 11 is 0. The van der Waals surface area contributed by atoms with Crippen molar-refractivity contribution in [3.63, 3.8) is 0 Å². The molecule has 3 rings (SSSR count). The van der Waals surface area contributed by atoms with Crippen LogP contribution in [0.2, 0.25) is 0 Å². The fourth-order valence-electron chi connectivity index (χ4n) is 2.56. The van der Waals surface area contributed by atoms with Crippen molar-refractivity contribution in [2.45, 2.75) is 12.5 Å². The molecule has 0 aromatic heterocycles. The monoisotopic (exact) mass is 291 g/mol. The van der Waals surface area contributed by atoms with Crippen molar-refractivity contribution in [2.75, 3.05) is 0 Å². The van der Waals surface area contributed by atoms with Gasteiger partial charge in [0.15, 0.2) is 0 Å². The van der Waals surface area contributed by atoms with Gasteiger partial charge in [-0.15, -0.1) is 0 Å². The standard InChI is InChI=1S/C17H13N3O2/c18-10-12-6-7-14(15-16(21)20-17(22)19-15)13(9-12)8-11-4-2-1-3-5-11/h1-7,9,15H,8H2,(H2,19,20,21,22). The molecule has 2 N–H and O–H groups in total. The Labute approximate surface area is 127 Å². The molecule has 1 aliphatic rings. The van der Waals surface area contributed by atoms with Crippen molar-refractivity contribution >= 4 is 11.9 Å².